The molecule has 1 radical (unpaired) electrons. The first-order chi connectivity index (χ1) is 4.36. The predicted octanol–water partition coefficient (Wildman–Crippen LogP) is 0.488. The van der Waals surface area contributed by atoms with E-state index in [-0.39, 0.29) is 19.5 Å². The number of amides is 1. The molecule has 1 amide bonds. The van der Waals surface area contributed by atoms with Gasteiger partial charge in [0.15, 0.2) is 0 Å². The van der Waals surface area contributed by atoms with Gasteiger partial charge in [0.1, 0.15) is 0 Å². The van der Waals surface area contributed by atoms with Gasteiger partial charge in [-0.25, -0.2) is 0 Å². The van der Waals surface area contributed by atoms with Crippen molar-refractivity contribution in [3.05, 3.63) is 0 Å². The molecule has 0 spiro atoms. The van der Waals surface area contributed by atoms with Crippen molar-refractivity contribution >= 4 is 18.2 Å². The van der Waals surface area contributed by atoms with Gasteiger partial charge in [0.25, 0.3) is 0 Å². The molecule has 1 atom stereocenters. The summed E-state index contributed by atoms with van der Waals surface area (Å²) in [4.78, 5) is 11.8. The van der Waals surface area contributed by atoms with Crippen LogP contribution in [0.1, 0.15) is 6.92 Å². The first kappa shape index (κ1) is 10.4. The molecule has 61 valence electrons. The summed E-state index contributed by atoms with van der Waals surface area (Å²) in [6.45, 7) is 3.66. The van der Waals surface area contributed by atoms with Crippen molar-refractivity contribution in [3.63, 3.8) is 0 Å². The number of carbonyl (C=O) groups excluding carboxylic acids is 1. The maximum atomic E-state index is 10.1. The molecule has 1 aliphatic rings. The fourth-order valence-corrected chi connectivity index (χ4v) is 1.18. The average Bonchev–Trinajstić information content (AvgIpc) is 2.66. The van der Waals surface area contributed by atoms with E-state index in [1.807, 2.05) is 25.1 Å². The van der Waals surface area contributed by atoms with Crippen molar-refractivity contribution in [3.8, 4) is 0 Å². The monoisotopic (exact) mass is 247 g/mol. The summed E-state index contributed by atoms with van der Waals surface area (Å²) < 4.78 is 0. The number of rotatable bonds is 4. The van der Waals surface area contributed by atoms with Crippen molar-refractivity contribution in [2.24, 2.45) is 0 Å². The maximum Gasteiger partial charge on any atom is 0.0288 e. The molecule has 1 heterocycles. The molecule has 10 heavy (non-hydrogen) atoms. The van der Waals surface area contributed by atoms with Gasteiger partial charge in [-0.05, 0) is 6.54 Å². The topological polar surface area (TPSA) is 20.3 Å². The largest absolute Gasteiger partial charge is 0.520 e. The summed E-state index contributed by atoms with van der Waals surface area (Å²) in [5, 5.41) is 0.714. The second kappa shape index (κ2) is 5.14. The Morgan fingerprint density at radius 2 is 2.40 bits per heavy atom. The van der Waals surface area contributed by atoms with E-state index in [1.54, 1.807) is 4.90 Å². The van der Waals surface area contributed by atoms with E-state index < -0.39 is 0 Å². The third-order valence-corrected chi connectivity index (χ3v) is 2.29. The van der Waals surface area contributed by atoms with E-state index in [9.17, 15) is 4.79 Å². The maximum absolute atomic E-state index is 10.1. The van der Waals surface area contributed by atoms with E-state index in [0.717, 1.165) is 13.1 Å². The van der Waals surface area contributed by atoms with Crippen LogP contribution in [-0.4, -0.2) is 35.4 Å². The molecule has 1 aliphatic heterocycles. The van der Waals surface area contributed by atoms with Gasteiger partial charge in [-0.1, -0.05) is 6.92 Å². The molecule has 0 aliphatic carbocycles. The molecule has 0 bridgehead atoms. The van der Waals surface area contributed by atoms with Crippen LogP contribution in [-0.2, 0) is 24.3 Å². The summed E-state index contributed by atoms with van der Waals surface area (Å²) in [6, 6.07) is 0. The van der Waals surface area contributed by atoms with E-state index in [4.69, 9.17) is 0 Å². The molecule has 1 saturated heterocycles. The van der Waals surface area contributed by atoms with Crippen LogP contribution in [0.15, 0.2) is 0 Å². The molecule has 1 rings (SSSR count). The van der Waals surface area contributed by atoms with Crippen LogP contribution in [0.4, 0.5) is 0 Å². The minimum atomic E-state index is 0. The second-order valence-electron chi connectivity index (χ2n) is 2.09. The SMILES string of the molecule is CCN([C-]=O)CC1CS1.[Rh]. The van der Waals surface area contributed by atoms with Crippen molar-refractivity contribution in [1.82, 2.24) is 4.90 Å². The van der Waals surface area contributed by atoms with Crippen molar-refractivity contribution < 1.29 is 24.3 Å². The summed E-state index contributed by atoms with van der Waals surface area (Å²) in [5.41, 5.74) is 0. The third-order valence-electron chi connectivity index (χ3n) is 1.34. The van der Waals surface area contributed by atoms with Crippen molar-refractivity contribution in [1.29, 1.82) is 0 Å². The van der Waals surface area contributed by atoms with Gasteiger partial charge in [-0.3, -0.25) is 0 Å². The van der Waals surface area contributed by atoms with Crippen LogP contribution in [0.5, 0.6) is 0 Å². The first-order valence-electron chi connectivity index (χ1n) is 3.11. The van der Waals surface area contributed by atoms with E-state index in [2.05, 4.69) is 0 Å². The average molecular weight is 247 g/mol. The van der Waals surface area contributed by atoms with Gasteiger partial charge < -0.3 is 9.69 Å². The summed E-state index contributed by atoms with van der Waals surface area (Å²) in [6.07, 6.45) is 1.89. The normalized spacial score (nSPS) is 21.1. The zero-order valence-corrected chi connectivity index (χ0v) is 8.25. The standard InChI is InChI=1S/C6H10NOS.Rh/c1-2-7(5-8)3-6-4-9-6;/h6H,2-4H2,1H3;/q-1;. The van der Waals surface area contributed by atoms with Crippen LogP contribution in [0.3, 0.4) is 0 Å². The Morgan fingerprint density at radius 1 is 1.80 bits per heavy atom. The smallest absolute Gasteiger partial charge is 0.0288 e. The molecule has 0 aromatic rings. The predicted molar refractivity (Wildman–Crippen MR) is 39.2 cm³/mol. The molecule has 0 aromatic carbocycles. The summed E-state index contributed by atoms with van der Waals surface area (Å²) in [5.74, 6) is 1.22. The Morgan fingerprint density at radius 3 is 2.70 bits per heavy atom. The fraction of sp³-hybridized carbons (Fsp3) is 0.833. The number of thioether (sulfide) groups is 1. The summed E-state index contributed by atoms with van der Waals surface area (Å²) in [7, 11) is 0. The molecule has 1 unspecified atom stereocenters. The molecule has 0 aromatic heterocycles. The van der Waals surface area contributed by atoms with Crippen LogP contribution in [0.25, 0.3) is 0 Å². The Bertz CT molecular complexity index is 108. The van der Waals surface area contributed by atoms with Crippen LogP contribution >= 0.6 is 11.8 Å². The molecule has 1 fully saturated rings. The van der Waals surface area contributed by atoms with Crippen LogP contribution in [0.2, 0.25) is 0 Å². The Labute approximate surface area is 78.5 Å². The van der Waals surface area contributed by atoms with Gasteiger partial charge in [0.05, 0.1) is 0 Å². The van der Waals surface area contributed by atoms with Crippen molar-refractivity contribution in [2.45, 2.75) is 12.2 Å². The first-order valence-corrected chi connectivity index (χ1v) is 4.16. The van der Waals surface area contributed by atoms with Crippen LogP contribution < -0.4 is 0 Å². The number of nitrogens with zero attached hydrogens (tertiary/aromatic N) is 1. The van der Waals surface area contributed by atoms with Crippen LogP contribution in [0, 0.1) is 0 Å². The van der Waals surface area contributed by atoms with E-state index in [0.29, 0.717) is 5.25 Å². The zero-order chi connectivity index (χ0) is 6.69. The van der Waals surface area contributed by atoms with E-state index >= 15 is 0 Å². The zero-order valence-electron chi connectivity index (χ0n) is 5.80. The van der Waals surface area contributed by atoms with Gasteiger partial charge in [-0.15, -0.1) is 0 Å². The Hall–Kier alpha value is 0.443. The van der Waals surface area contributed by atoms with Gasteiger partial charge >= 0.3 is 0 Å². The number of hydrogen-bond acceptors (Lipinski definition) is 2. The van der Waals surface area contributed by atoms with Gasteiger partial charge in [0.2, 0.25) is 0 Å². The minimum Gasteiger partial charge on any atom is -0.520 e. The van der Waals surface area contributed by atoms with Gasteiger partial charge in [-0.2, -0.15) is 18.2 Å². The minimum absolute atomic E-state index is 0. The third kappa shape index (κ3) is 3.57. The quantitative estimate of drug-likeness (QED) is 0.312. The fourth-order valence-electron chi connectivity index (χ4n) is 0.650. The van der Waals surface area contributed by atoms with E-state index in [1.165, 1.54) is 5.75 Å². The molecule has 0 saturated carbocycles. The summed E-state index contributed by atoms with van der Waals surface area (Å²) >= 11 is 1.91. The molecule has 0 N–H and O–H groups in total. The van der Waals surface area contributed by atoms with Gasteiger partial charge in [0, 0.05) is 37.0 Å². The molecule has 2 nitrogen and oxygen atoms in total. The Balaban J connectivity index is 0.000000810. The molecular formula is C6H10NORhS-. The Kier molecular flexibility index (Phi) is 5.37. The molecular weight excluding hydrogens is 237 g/mol. The second-order valence-corrected chi connectivity index (χ2v) is 3.42. The number of hydrogen-bond donors (Lipinski definition) is 0. The van der Waals surface area contributed by atoms with Crippen molar-refractivity contribution in [2.75, 3.05) is 18.8 Å². The molecule has 4 heteroatoms.